The van der Waals surface area contributed by atoms with Gasteiger partial charge in [0.2, 0.25) is 5.82 Å². The first-order chi connectivity index (χ1) is 6.83. The normalized spacial score (nSPS) is 8.36. The van der Waals surface area contributed by atoms with Crippen molar-refractivity contribution in [1.82, 2.24) is 9.97 Å². The Balaban J connectivity index is 2.51. The average molecular weight is 208 g/mol. The van der Waals surface area contributed by atoms with Crippen molar-refractivity contribution in [1.29, 1.82) is 0 Å². The molecule has 0 fully saturated rings. The van der Waals surface area contributed by atoms with Crippen molar-refractivity contribution < 1.29 is 0 Å². The maximum Gasteiger partial charge on any atom is 0.204 e. The molecule has 70 valence electrons. The number of nitrogens with zero attached hydrogens (tertiary/aromatic N) is 5. The zero-order valence-corrected chi connectivity index (χ0v) is 7.94. The van der Waals surface area contributed by atoms with Crippen LogP contribution in [0.4, 0.5) is 0 Å². The van der Waals surface area contributed by atoms with Crippen LogP contribution in [0.3, 0.4) is 0 Å². The molecule has 0 bridgehead atoms. The highest BCUT2D eigenvalue weighted by atomic mass is 35.5. The molecule has 0 aromatic carbocycles. The van der Waals surface area contributed by atoms with Gasteiger partial charge < -0.3 is 0 Å². The topological polar surface area (TPSA) is 74.5 Å². The minimum atomic E-state index is 0.358. The van der Waals surface area contributed by atoms with Gasteiger partial charge in [-0.05, 0) is 11.5 Å². The van der Waals surface area contributed by atoms with Crippen LogP contribution in [-0.4, -0.2) is 16.5 Å². The molecule has 0 unspecified atom stereocenters. The fraction of sp³-hybridized carbons (Fsp3) is 0.250. The molecule has 0 atom stereocenters. The lowest BCUT2D eigenvalue weighted by molar-refractivity contribution is 1.01. The molecule has 1 heterocycles. The van der Waals surface area contributed by atoms with E-state index in [1.165, 1.54) is 12.4 Å². The highest BCUT2D eigenvalue weighted by Gasteiger charge is 1.89. The van der Waals surface area contributed by atoms with E-state index in [2.05, 4.69) is 31.8 Å². The van der Waals surface area contributed by atoms with E-state index in [0.29, 0.717) is 23.8 Å². The Hall–Kier alpha value is -1.76. The van der Waals surface area contributed by atoms with Gasteiger partial charge in [0.1, 0.15) is 0 Å². The van der Waals surface area contributed by atoms with Gasteiger partial charge in [-0.25, -0.2) is 9.97 Å². The second-order valence-electron chi connectivity index (χ2n) is 2.23. The first-order valence-corrected chi connectivity index (χ1v) is 4.18. The minimum Gasteiger partial charge on any atom is -0.228 e. The van der Waals surface area contributed by atoms with Crippen molar-refractivity contribution in [3.05, 3.63) is 33.7 Å². The standard InChI is InChI=1S/C8H6ClN5/c9-7-5-11-8(12-6-7)3-1-2-4-13-14-10/h5-6H,2,4H2. The Labute approximate surface area is 85.8 Å². The van der Waals surface area contributed by atoms with E-state index in [9.17, 15) is 0 Å². The van der Waals surface area contributed by atoms with Crippen LogP contribution >= 0.6 is 11.6 Å². The molecule has 0 saturated heterocycles. The molecule has 0 radical (unpaired) electrons. The van der Waals surface area contributed by atoms with E-state index in [0.717, 1.165) is 0 Å². The van der Waals surface area contributed by atoms with Gasteiger partial charge in [-0.2, -0.15) is 0 Å². The number of azide groups is 1. The Kier molecular flexibility index (Phi) is 4.29. The highest BCUT2D eigenvalue weighted by molar-refractivity contribution is 6.30. The molecule has 0 amide bonds. The third kappa shape index (κ3) is 3.76. The van der Waals surface area contributed by atoms with Gasteiger partial charge in [0.15, 0.2) is 0 Å². The third-order valence-corrected chi connectivity index (χ3v) is 1.42. The summed E-state index contributed by atoms with van der Waals surface area (Å²) in [5.74, 6) is 5.90. The van der Waals surface area contributed by atoms with Gasteiger partial charge >= 0.3 is 0 Å². The third-order valence-electron chi connectivity index (χ3n) is 1.22. The van der Waals surface area contributed by atoms with Crippen LogP contribution in [0.5, 0.6) is 0 Å². The van der Waals surface area contributed by atoms with Crippen molar-refractivity contribution in [2.45, 2.75) is 6.42 Å². The minimum absolute atomic E-state index is 0.358. The van der Waals surface area contributed by atoms with E-state index in [-0.39, 0.29) is 0 Å². The largest absolute Gasteiger partial charge is 0.228 e. The molecule has 0 spiro atoms. The predicted molar refractivity (Wildman–Crippen MR) is 52.6 cm³/mol. The molecule has 0 aliphatic rings. The second kappa shape index (κ2) is 5.81. The van der Waals surface area contributed by atoms with Gasteiger partial charge in [0.05, 0.1) is 17.4 Å². The number of hydrogen-bond donors (Lipinski definition) is 0. The lowest BCUT2D eigenvalue weighted by atomic mass is 10.4. The van der Waals surface area contributed by atoms with E-state index in [1.807, 2.05) is 0 Å². The summed E-state index contributed by atoms with van der Waals surface area (Å²) >= 11 is 5.59. The maximum atomic E-state index is 7.98. The Morgan fingerprint density at radius 2 is 2.21 bits per heavy atom. The van der Waals surface area contributed by atoms with E-state index < -0.39 is 0 Å². The molecule has 1 rings (SSSR count). The number of rotatable bonds is 2. The highest BCUT2D eigenvalue weighted by Crippen LogP contribution is 2.01. The van der Waals surface area contributed by atoms with Crippen LogP contribution in [0.15, 0.2) is 17.5 Å². The van der Waals surface area contributed by atoms with Crippen LogP contribution in [0, 0.1) is 11.8 Å². The van der Waals surface area contributed by atoms with Crippen LogP contribution < -0.4 is 0 Å². The Morgan fingerprint density at radius 3 is 2.86 bits per heavy atom. The van der Waals surface area contributed by atoms with E-state index in [4.69, 9.17) is 17.1 Å². The molecular weight excluding hydrogens is 202 g/mol. The van der Waals surface area contributed by atoms with Crippen molar-refractivity contribution in [2.24, 2.45) is 5.11 Å². The zero-order chi connectivity index (χ0) is 10.2. The fourth-order valence-corrected chi connectivity index (χ4v) is 0.767. The van der Waals surface area contributed by atoms with Gasteiger partial charge in [-0.15, -0.1) is 0 Å². The molecule has 0 aliphatic carbocycles. The summed E-state index contributed by atoms with van der Waals surface area (Å²) in [6.45, 7) is 0.358. The van der Waals surface area contributed by atoms with Crippen LogP contribution in [0.2, 0.25) is 5.02 Å². The number of aromatic nitrogens is 2. The van der Waals surface area contributed by atoms with Gasteiger partial charge in [0.25, 0.3) is 0 Å². The zero-order valence-electron chi connectivity index (χ0n) is 7.18. The van der Waals surface area contributed by atoms with Crippen LogP contribution in [0.25, 0.3) is 10.4 Å². The van der Waals surface area contributed by atoms with E-state index >= 15 is 0 Å². The summed E-state index contributed by atoms with van der Waals surface area (Å²) in [6, 6.07) is 0. The number of halogens is 1. The fourth-order valence-electron chi connectivity index (χ4n) is 0.669. The molecule has 0 saturated carbocycles. The molecule has 1 aromatic heterocycles. The molecule has 0 aliphatic heterocycles. The monoisotopic (exact) mass is 207 g/mol. The smallest absolute Gasteiger partial charge is 0.204 e. The summed E-state index contributed by atoms with van der Waals surface area (Å²) < 4.78 is 0. The lowest BCUT2D eigenvalue weighted by Crippen LogP contribution is -1.86. The van der Waals surface area contributed by atoms with Gasteiger partial charge in [-0.3, -0.25) is 0 Å². The van der Waals surface area contributed by atoms with Crippen molar-refractivity contribution in [3.8, 4) is 11.8 Å². The first-order valence-electron chi connectivity index (χ1n) is 3.80. The number of hydrogen-bond acceptors (Lipinski definition) is 3. The molecule has 6 heteroatoms. The molecule has 0 N–H and O–H groups in total. The predicted octanol–water partition coefficient (Wildman–Crippen LogP) is 2.18. The summed E-state index contributed by atoms with van der Waals surface area (Å²) in [6.07, 6.45) is 3.45. The molecular formula is C8H6ClN5. The van der Waals surface area contributed by atoms with Crippen LogP contribution in [0.1, 0.15) is 12.2 Å². The van der Waals surface area contributed by atoms with Crippen molar-refractivity contribution in [3.63, 3.8) is 0 Å². The quantitative estimate of drug-likeness (QED) is 0.245. The summed E-state index contributed by atoms with van der Waals surface area (Å²) in [5.41, 5.74) is 7.98. The van der Waals surface area contributed by atoms with E-state index in [1.54, 1.807) is 0 Å². The summed E-state index contributed by atoms with van der Waals surface area (Å²) in [4.78, 5) is 10.4. The Morgan fingerprint density at radius 1 is 1.50 bits per heavy atom. The van der Waals surface area contributed by atoms with Crippen molar-refractivity contribution >= 4 is 11.6 Å². The Bertz CT molecular complexity index is 396. The van der Waals surface area contributed by atoms with Gasteiger partial charge in [0, 0.05) is 17.9 Å². The molecule has 14 heavy (non-hydrogen) atoms. The lowest BCUT2D eigenvalue weighted by Gasteiger charge is -1.87. The van der Waals surface area contributed by atoms with Crippen LogP contribution in [-0.2, 0) is 0 Å². The second-order valence-corrected chi connectivity index (χ2v) is 2.67. The first kappa shape index (κ1) is 10.3. The molecule has 1 aromatic rings. The summed E-state index contributed by atoms with van der Waals surface area (Å²) in [5, 5.41) is 3.81. The maximum absolute atomic E-state index is 7.98. The average Bonchev–Trinajstić information content (AvgIpc) is 2.21. The molecule has 5 nitrogen and oxygen atoms in total. The summed E-state index contributed by atoms with van der Waals surface area (Å²) in [7, 11) is 0. The van der Waals surface area contributed by atoms with Crippen molar-refractivity contribution in [2.75, 3.05) is 6.54 Å². The van der Waals surface area contributed by atoms with Gasteiger partial charge in [-0.1, -0.05) is 22.6 Å². The SMILES string of the molecule is [N-]=[N+]=NCCC#Cc1ncc(Cl)cn1.